The first-order chi connectivity index (χ1) is 7.06. The molecule has 0 aromatic carbocycles. The Balaban J connectivity index is 2.43. The Labute approximate surface area is 89.0 Å². The zero-order valence-electron chi connectivity index (χ0n) is 8.90. The van der Waals surface area contributed by atoms with Gasteiger partial charge in [-0.05, 0) is 25.2 Å². The van der Waals surface area contributed by atoms with Crippen molar-refractivity contribution in [1.82, 2.24) is 5.32 Å². The number of carboxylic acid groups (broad SMARTS) is 1. The fourth-order valence-corrected chi connectivity index (χ4v) is 1.51. The number of carbonyl (C=O) groups excluding carboxylic acids is 1. The van der Waals surface area contributed by atoms with E-state index in [0.717, 1.165) is 19.3 Å². The molecule has 86 valence electrons. The molecule has 0 spiro atoms. The van der Waals surface area contributed by atoms with Gasteiger partial charge in [0.2, 0.25) is 5.91 Å². The highest BCUT2D eigenvalue weighted by atomic mass is 16.4. The van der Waals surface area contributed by atoms with E-state index in [0.29, 0.717) is 6.42 Å². The number of rotatable bonds is 6. The summed E-state index contributed by atoms with van der Waals surface area (Å²) in [6, 6.07) is -1.34. The van der Waals surface area contributed by atoms with E-state index in [1.54, 1.807) is 0 Å². The maximum absolute atomic E-state index is 11.5. The number of hydrogen-bond acceptors (Lipinski definition) is 3. The van der Waals surface area contributed by atoms with Crippen LogP contribution in [0.5, 0.6) is 0 Å². The molecule has 0 aromatic heterocycles. The van der Waals surface area contributed by atoms with Gasteiger partial charge in [-0.25, -0.2) is 4.79 Å². The summed E-state index contributed by atoms with van der Waals surface area (Å²) < 4.78 is 0. The third-order valence-electron chi connectivity index (χ3n) is 2.59. The largest absolute Gasteiger partial charge is 0.480 e. The van der Waals surface area contributed by atoms with E-state index >= 15 is 0 Å². The van der Waals surface area contributed by atoms with Gasteiger partial charge in [0, 0.05) is 0 Å². The van der Waals surface area contributed by atoms with Crippen molar-refractivity contribution in [3.63, 3.8) is 0 Å². The lowest BCUT2D eigenvalue weighted by Gasteiger charge is -2.16. The molecule has 2 atom stereocenters. The molecule has 15 heavy (non-hydrogen) atoms. The van der Waals surface area contributed by atoms with E-state index in [4.69, 9.17) is 10.8 Å². The van der Waals surface area contributed by atoms with Crippen LogP contribution >= 0.6 is 0 Å². The number of amides is 1. The second-order valence-corrected chi connectivity index (χ2v) is 4.06. The predicted molar refractivity (Wildman–Crippen MR) is 55.2 cm³/mol. The van der Waals surface area contributed by atoms with E-state index < -0.39 is 18.1 Å². The summed E-state index contributed by atoms with van der Waals surface area (Å²) in [5, 5.41) is 11.4. The SMILES string of the molecule is CCC[C@@H](N)C(=O)NC(C(=O)O)C1CC1. The van der Waals surface area contributed by atoms with Gasteiger partial charge in [0.05, 0.1) is 6.04 Å². The predicted octanol–water partition coefficient (Wildman–Crippen LogP) is 0.0932. The normalized spacial score (nSPS) is 19.3. The number of aliphatic carboxylic acids is 1. The zero-order valence-corrected chi connectivity index (χ0v) is 8.90. The minimum atomic E-state index is -0.963. The highest BCUT2D eigenvalue weighted by molar-refractivity contribution is 5.87. The minimum Gasteiger partial charge on any atom is -0.480 e. The lowest BCUT2D eigenvalue weighted by atomic mass is 10.1. The molecule has 1 amide bonds. The average Bonchev–Trinajstić information content (AvgIpc) is 2.97. The fraction of sp³-hybridized carbons (Fsp3) is 0.800. The van der Waals surface area contributed by atoms with Crippen LogP contribution in [-0.2, 0) is 9.59 Å². The number of nitrogens with two attached hydrogens (primary N) is 1. The van der Waals surface area contributed by atoms with Crippen molar-refractivity contribution in [2.24, 2.45) is 11.7 Å². The molecule has 0 radical (unpaired) electrons. The number of hydrogen-bond donors (Lipinski definition) is 3. The summed E-state index contributed by atoms with van der Waals surface area (Å²) in [5.41, 5.74) is 5.59. The second kappa shape index (κ2) is 5.11. The first-order valence-corrected chi connectivity index (χ1v) is 5.35. The first-order valence-electron chi connectivity index (χ1n) is 5.35. The summed E-state index contributed by atoms with van der Waals surface area (Å²) in [7, 11) is 0. The smallest absolute Gasteiger partial charge is 0.326 e. The molecule has 0 heterocycles. The standard InChI is InChI=1S/C10H18N2O3/c1-2-3-7(11)9(13)12-8(10(14)15)6-4-5-6/h6-8H,2-5,11H2,1H3,(H,12,13)(H,14,15)/t7-,8?/m1/s1. The van der Waals surface area contributed by atoms with Crippen LogP contribution in [0.25, 0.3) is 0 Å². The van der Waals surface area contributed by atoms with Crippen LogP contribution < -0.4 is 11.1 Å². The van der Waals surface area contributed by atoms with Gasteiger partial charge in [0.1, 0.15) is 6.04 Å². The lowest BCUT2D eigenvalue weighted by Crippen LogP contribution is -2.49. The quantitative estimate of drug-likeness (QED) is 0.584. The topological polar surface area (TPSA) is 92.4 Å². The Morgan fingerprint density at radius 3 is 2.53 bits per heavy atom. The maximum Gasteiger partial charge on any atom is 0.326 e. The van der Waals surface area contributed by atoms with Crippen molar-refractivity contribution < 1.29 is 14.7 Å². The molecule has 1 aliphatic rings. The van der Waals surface area contributed by atoms with Crippen molar-refractivity contribution in [1.29, 1.82) is 0 Å². The molecule has 4 N–H and O–H groups in total. The van der Waals surface area contributed by atoms with Crippen LogP contribution in [0.2, 0.25) is 0 Å². The van der Waals surface area contributed by atoms with Gasteiger partial charge in [-0.2, -0.15) is 0 Å². The van der Waals surface area contributed by atoms with Gasteiger partial charge < -0.3 is 16.2 Å². The van der Waals surface area contributed by atoms with Crippen LogP contribution in [-0.4, -0.2) is 29.1 Å². The molecular formula is C10H18N2O3. The Kier molecular flexibility index (Phi) is 4.08. The summed E-state index contributed by atoms with van der Waals surface area (Å²) >= 11 is 0. The van der Waals surface area contributed by atoms with E-state index in [1.165, 1.54) is 0 Å². The molecule has 1 unspecified atom stereocenters. The third kappa shape index (κ3) is 3.51. The Hall–Kier alpha value is -1.10. The van der Waals surface area contributed by atoms with Crippen LogP contribution in [0.4, 0.5) is 0 Å². The maximum atomic E-state index is 11.5. The van der Waals surface area contributed by atoms with Gasteiger partial charge >= 0.3 is 5.97 Å². The minimum absolute atomic E-state index is 0.0975. The molecule has 0 bridgehead atoms. The molecule has 5 heteroatoms. The van der Waals surface area contributed by atoms with Crippen LogP contribution in [0.3, 0.4) is 0 Å². The monoisotopic (exact) mass is 214 g/mol. The van der Waals surface area contributed by atoms with Gasteiger partial charge in [0.25, 0.3) is 0 Å². The molecule has 0 aliphatic heterocycles. The Morgan fingerprint density at radius 2 is 2.13 bits per heavy atom. The third-order valence-corrected chi connectivity index (χ3v) is 2.59. The summed E-state index contributed by atoms with van der Waals surface area (Å²) in [5.74, 6) is -1.22. The van der Waals surface area contributed by atoms with Gasteiger partial charge in [0.15, 0.2) is 0 Å². The van der Waals surface area contributed by atoms with Crippen molar-refractivity contribution in [2.45, 2.75) is 44.7 Å². The molecule has 0 aromatic rings. The van der Waals surface area contributed by atoms with Crippen molar-refractivity contribution in [3.05, 3.63) is 0 Å². The first kappa shape index (κ1) is 12.0. The van der Waals surface area contributed by atoms with Crippen LogP contribution in [0.15, 0.2) is 0 Å². The van der Waals surface area contributed by atoms with E-state index in [2.05, 4.69) is 5.32 Å². The average molecular weight is 214 g/mol. The number of carbonyl (C=O) groups is 2. The van der Waals surface area contributed by atoms with Crippen molar-refractivity contribution >= 4 is 11.9 Å². The van der Waals surface area contributed by atoms with E-state index in [-0.39, 0.29) is 11.8 Å². The molecule has 1 aliphatic carbocycles. The molecule has 0 saturated heterocycles. The number of carboxylic acids is 1. The highest BCUT2D eigenvalue weighted by Crippen LogP contribution is 2.32. The fourth-order valence-electron chi connectivity index (χ4n) is 1.51. The zero-order chi connectivity index (χ0) is 11.4. The van der Waals surface area contributed by atoms with E-state index in [9.17, 15) is 9.59 Å². The van der Waals surface area contributed by atoms with Gasteiger partial charge in [-0.3, -0.25) is 4.79 Å². The lowest BCUT2D eigenvalue weighted by molar-refractivity contribution is -0.142. The van der Waals surface area contributed by atoms with E-state index in [1.807, 2.05) is 6.92 Å². The second-order valence-electron chi connectivity index (χ2n) is 4.06. The Bertz CT molecular complexity index is 251. The van der Waals surface area contributed by atoms with Gasteiger partial charge in [-0.15, -0.1) is 0 Å². The molecule has 1 rings (SSSR count). The summed E-state index contributed by atoms with van der Waals surface area (Å²) in [6.07, 6.45) is 3.15. The van der Waals surface area contributed by atoms with Gasteiger partial charge in [-0.1, -0.05) is 13.3 Å². The van der Waals surface area contributed by atoms with Crippen molar-refractivity contribution in [2.75, 3.05) is 0 Å². The van der Waals surface area contributed by atoms with Crippen LogP contribution in [0.1, 0.15) is 32.6 Å². The molecular weight excluding hydrogens is 196 g/mol. The summed E-state index contributed by atoms with van der Waals surface area (Å²) in [4.78, 5) is 22.3. The number of nitrogens with one attached hydrogen (secondary N) is 1. The van der Waals surface area contributed by atoms with Crippen molar-refractivity contribution in [3.8, 4) is 0 Å². The molecule has 1 saturated carbocycles. The highest BCUT2D eigenvalue weighted by Gasteiger charge is 2.37. The Morgan fingerprint density at radius 1 is 1.53 bits per heavy atom. The summed E-state index contributed by atoms with van der Waals surface area (Å²) in [6.45, 7) is 1.93. The van der Waals surface area contributed by atoms with Crippen LogP contribution in [0, 0.1) is 5.92 Å². The molecule has 5 nitrogen and oxygen atoms in total. The molecule has 1 fully saturated rings.